The third-order valence-electron chi connectivity index (χ3n) is 1.55. The van der Waals surface area contributed by atoms with Gasteiger partial charge in [0.2, 0.25) is 0 Å². The zero-order valence-corrected chi connectivity index (χ0v) is 8.38. The van der Waals surface area contributed by atoms with Gasteiger partial charge in [0.1, 0.15) is 12.6 Å². The Bertz CT molecular complexity index is 100. The first kappa shape index (κ1) is 13.9. The van der Waals surface area contributed by atoms with Crippen molar-refractivity contribution in [3.8, 4) is 0 Å². The van der Waals surface area contributed by atoms with E-state index in [1.807, 2.05) is 13.8 Å². The molecule has 0 aromatic carbocycles. The number of rotatable bonds is 5. The molecule has 0 aliphatic heterocycles. The average Bonchev–Trinajstić information content (AvgIpc) is 2.14. The molecule has 0 aromatic rings. The second-order valence-electron chi connectivity index (χ2n) is 2.83. The molecule has 2 heteroatoms. The van der Waals surface area contributed by atoms with Crippen molar-refractivity contribution in [2.75, 3.05) is 0 Å². The third-order valence-corrected chi connectivity index (χ3v) is 1.55. The lowest BCUT2D eigenvalue weighted by Gasteiger charge is -1.89. The van der Waals surface area contributed by atoms with E-state index in [2.05, 4.69) is 6.92 Å². The lowest BCUT2D eigenvalue weighted by Crippen LogP contribution is -1.89. The van der Waals surface area contributed by atoms with Gasteiger partial charge in [-0.3, -0.25) is 0 Å². The molecule has 1 unspecified atom stereocenters. The highest BCUT2D eigenvalue weighted by Gasteiger charge is 1.89. The van der Waals surface area contributed by atoms with E-state index in [0.717, 1.165) is 38.3 Å². The van der Waals surface area contributed by atoms with Crippen LogP contribution in [0.2, 0.25) is 0 Å². The Labute approximate surface area is 75.4 Å². The van der Waals surface area contributed by atoms with Gasteiger partial charge in [-0.1, -0.05) is 27.2 Å². The fraction of sp³-hybridized carbons (Fsp3) is 0.800. The molecule has 0 bridgehead atoms. The average molecular weight is 172 g/mol. The van der Waals surface area contributed by atoms with Crippen molar-refractivity contribution in [2.45, 2.75) is 46.5 Å². The first-order valence-electron chi connectivity index (χ1n) is 4.61. The van der Waals surface area contributed by atoms with Gasteiger partial charge in [-0.05, 0) is 12.8 Å². The molecule has 0 aromatic heterocycles. The van der Waals surface area contributed by atoms with Crippen molar-refractivity contribution >= 4 is 12.6 Å². The Kier molecular flexibility index (Phi) is 15.0. The summed E-state index contributed by atoms with van der Waals surface area (Å²) in [6.07, 6.45) is 5.80. The largest absolute Gasteiger partial charge is 0.303 e. The first-order chi connectivity index (χ1) is 5.72. The van der Waals surface area contributed by atoms with Crippen LogP contribution >= 0.6 is 0 Å². The van der Waals surface area contributed by atoms with Crippen LogP contribution in [0.1, 0.15) is 46.5 Å². The maximum atomic E-state index is 9.74. The van der Waals surface area contributed by atoms with E-state index in [4.69, 9.17) is 0 Å². The third kappa shape index (κ3) is 16.2. The molecular weight excluding hydrogens is 152 g/mol. The molecule has 0 spiro atoms. The van der Waals surface area contributed by atoms with E-state index in [0.29, 0.717) is 0 Å². The summed E-state index contributed by atoms with van der Waals surface area (Å²) in [5.74, 6) is 0.255. The predicted molar refractivity (Wildman–Crippen MR) is 51.1 cm³/mol. The predicted octanol–water partition coefficient (Wildman–Crippen LogP) is 2.61. The maximum Gasteiger partial charge on any atom is 0.122 e. The van der Waals surface area contributed by atoms with Crippen molar-refractivity contribution in [3.63, 3.8) is 0 Å². The van der Waals surface area contributed by atoms with Crippen LogP contribution in [0.15, 0.2) is 0 Å². The minimum Gasteiger partial charge on any atom is -0.303 e. The number of carbonyl (C=O) groups is 2. The summed E-state index contributed by atoms with van der Waals surface area (Å²) >= 11 is 0. The van der Waals surface area contributed by atoms with E-state index < -0.39 is 0 Å². The van der Waals surface area contributed by atoms with Crippen molar-refractivity contribution in [1.82, 2.24) is 0 Å². The van der Waals surface area contributed by atoms with Crippen LogP contribution in [-0.2, 0) is 9.59 Å². The lowest BCUT2D eigenvalue weighted by molar-refractivity contribution is -0.110. The molecule has 0 aliphatic rings. The number of unbranched alkanes of at least 4 members (excludes halogenated alkanes) is 2. The van der Waals surface area contributed by atoms with Crippen LogP contribution in [0.3, 0.4) is 0 Å². The quantitative estimate of drug-likeness (QED) is 0.472. The highest BCUT2D eigenvalue weighted by atomic mass is 16.1. The molecule has 0 heterocycles. The highest BCUT2D eigenvalue weighted by Crippen LogP contribution is 1.91. The van der Waals surface area contributed by atoms with Crippen LogP contribution in [0, 0.1) is 5.92 Å². The Morgan fingerprint density at radius 1 is 1.25 bits per heavy atom. The summed E-state index contributed by atoms with van der Waals surface area (Å²) in [4.78, 5) is 19.3. The maximum absolute atomic E-state index is 9.74. The van der Waals surface area contributed by atoms with E-state index >= 15 is 0 Å². The molecule has 72 valence electrons. The summed E-state index contributed by atoms with van der Waals surface area (Å²) in [6.45, 7) is 5.98. The fourth-order valence-corrected chi connectivity index (χ4v) is 0.384. The molecule has 0 N–H and O–H groups in total. The van der Waals surface area contributed by atoms with Gasteiger partial charge < -0.3 is 9.59 Å². The number of carbonyl (C=O) groups excluding carboxylic acids is 2. The van der Waals surface area contributed by atoms with Crippen LogP contribution in [0.4, 0.5) is 0 Å². The fourth-order valence-electron chi connectivity index (χ4n) is 0.384. The molecule has 2 nitrogen and oxygen atoms in total. The molecule has 1 atom stereocenters. The molecule has 0 amide bonds. The highest BCUT2D eigenvalue weighted by molar-refractivity contribution is 5.52. The first-order valence-corrected chi connectivity index (χ1v) is 4.61. The minimum atomic E-state index is 0.255. The van der Waals surface area contributed by atoms with Gasteiger partial charge in [-0.15, -0.1) is 0 Å². The number of hydrogen-bond acceptors (Lipinski definition) is 2. The van der Waals surface area contributed by atoms with Crippen LogP contribution in [-0.4, -0.2) is 12.6 Å². The monoisotopic (exact) mass is 172 g/mol. The lowest BCUT2D eigenvalue weighted by atomic mass is 10.2. The molecule has 0 saturated heterocycles. The minimum absolute atomic E-state index is 0.255. The normalized spacial score (nSPS) is 10.9. The smallest absolute Gasteiger partial charge is 0.122 e. The molecule has 0 fully saturated rings. The number of hydrogen-bond donors (Lipinski definition) is 0. The molecular formula is C10H20O2. The summed E-state index contributed by atoms with van der Waals surface area (Å²) in [5, 5.41) is 0. The Balaban J connectivity index is 0. The summed E-state index contributed by atoms with van der Waals surface area (Å²) in [5.41, 5.74) is 0. The van der Waals surface area contributed by atoms with Crippen molar-refractivity contribution in [1.29, 1.82) is 0 Å². The second kappa shape index (κ2) is 13.0. The zero-order chi connectivity index (χ0) is 9.82. The number of aldehydes is 2. The van der Waals surface area contributed by atoms with Gasteiger partial charge in [-0.25, -0.2) is 0 Å². The van der Waals surface area contributed by atoms with E-state index in [-0.39, 0.29) is 5.92 Å². The van der Waals surface area contributed by atoms with E-state index in [1.165, 1.54) is 0 Å². The second-order valence-corrected chi connectivity index (χ2v) is 2.83. The van der Waals surface area contributed by atoms with Crippen molar-refractivity contribution in [2.24, 2.45) is 5.92 Å². The van der Waals surface area contributed by atoms with Crippen molar-refractivity contribution in [3.05, 3.63) is 0 Å². The van der Waals surface area contributed by atoms with E-state index in [1.54, 1.807) is 0 Å². The summed E-state index contributed by atoms with van der Waals surface area (Å²) in [6, 6.07) is 0. The molecule has 0 radical (unpaired) electrons. The van der Waals surface area contributed by atoms with Gasteiger partial charge in [0.05, 0.1) is 0 Å². The van der Waals surface area contributed by atoms with Crippen LogP contribution in [0.5, 0.6) is 0 Å². The molecule has 12 heavy (non-hydrogen) atoms. The Morgan fingerprint density at radius 3 is 1.92 bits per heavy atom. The topological polar surface area (TPSA) is 34.1 Å². The van der Waals surface area contributed by atoms with Crippen molar-refractivity contribution < 1.29 is 9.59 Å². The summed E-state index contributed by atoms with van der Waals surface area (Å²) in [7, 11) is 0. The van der Waals surface area contributed by atoms with Gasteiger partial charge in [0.25, 0.3) is 0 Å². The van der Waals surface area contributed by atoms with Gasteiger partial charge in [-0.2, -0.15) is 0 Å². The zero-order valence-electron chi connectivity index (χ0n) is 8.38. The Morgan fingerprint density at radius 2 is 1.83 bits per heavy atom. The summed E-state index contributed by atoms with van der Waals surface area (Å²) < 4.78 is 0. The molecule has 0 rings (SSSR count). The van der Waals surface area contributed by atoms with Crippen LogP contribution in [0.25, 0.3) is 0 Å². The van der Waals surface area contributed by atoms with E-state index in [9.17, 15) is 9.59 Å². The molecule has 0 saturated carbocycles. The van der Waals surface area contributed by atoms with Crippen LogP contribution < -0.4 is 0 Å². The molecule has 0 aliphatic carbocycles. The Hall–Kier alpha value is -0.660. The SMILES string of the molecule is CCC(C)C=O.CCCCC=O. The van der Waals surface area contributed by atoms with Gasteiger partial charge in [0, 0.05) is 12.3 Å². The standard InChI is InChI=1S/2C5H10O/c1-3-5(2)4-6;1-2-3-4-5-6/h4-5H,3H2,1-2H3;5H,2-4H2,1H3. The van der Waals surface area contributed by atoms with Gasteiger partial charge in [0.15, 0.2) is 0 Å². The van der Waals surface area contributed by atoms with Gasteiger partial charge >= 0.3 is 0 Å².